The van der Waals surface area contributed by atoms with Gasteiger partial charge in [0.05, 0.1) is 23.3 Å². The largest absolute Gasteiger partial charge is 0.382 e. The highest BCUT2D eigenvalue weighted by Gasteiger charge is 2.36. The summed E-state index contributed by atoms with van der Waals surface area (Å²) in [6.45, 7) is 5.41. The Balaban J connectivity index is 2.13. The third kappa shape index (κ3) is 3.69. The van der Waals surface area contributed by atoms with Crippen LogP contribution in [0.2, 0.25) is 5.02 Å². The number of rotatable bonds is 3. The number of methoxy groups -OCH3 is 1. The van der Waals surface area contributed by atoms with E-state index in [9.17, 15) is 4.79 Å². The number of hydrogen-bond acceptors (Lipinski definition) is 4. The van der Waals surface area contributed by atoms with Crippen LogP contribution >= 0.6 is 11.6 Å². The Kier molecular flexibility index (Phi) is 4.62. The van der Waals surface area contributed by atoms with E-state index in [1.165, 1.54) is 6.20 Å². The first-order valence-electron chi connectivity index (χ1n) is 6.49. The number of ether oxygens (including phenoxy) is 2. The molecule has 1 aromatic heterocycles. The molecule has 5 nitrogen and oxygen atoms in total. The van der Waals surface area contributed by atoms with Crippen LogP contribution in [0.3, 0.4) is 0 Å². The summed E-state index contributed by atoms with van der Waals surface area (Å²) >= 11 is 5.79. The van der Waals surface area contributed by atoms with E-state index in [1.54, 1.807) is 24.1 Å². The zero-order valence-corrected chi connectivity index (χ0v) is 12.7. The highest BCUT2D eigenvalue weighted by Crippen LogP contribution is 2.22. The van der Waals surface area contributed by atoms with Crippen LogP contribution in [0.15, 0.2) is 18.3 Å². The van der Waals surface area contributed by atoms with Crippen LogP contribution in [0.5, 0.6) is 0 Å². The summed E-state index contributed by atoms with van der Waals surface area (Å²) in [7, 11) is 1.62. The number of carbonyl (C=O) groups is 1. The molecule has 0 aliphatic carbocycles. The Labute approximate surface area is 123 Å². The van der Waals surface area contributed by atoms with Gasteiger partial charge in [-0.25, -0.2) is 4.98 Å². The molecule has 0 aromatic carbocycles. The van der Waals surface area contributed by atoms with Gasteiger partial charge in [-0.15, -0.1) is 0 Å². The van der Waals surface area contributed by atoms with Gasteiger partial charge in [-0.2, -0.15) is 0 Å². The Morgan fingerprint density at radius 2 is 2.35 bits per heavy atom. The van der Waals surface area contributed by atoms with Crippen molar-refractivity contribution in [2.24, 2.45) is 0 Å². The van der Waals surface area contributed by atoms with Gasteiger partial charge in [-0.1, -0.05) is 11.6 Å². The molecule has 0 N–H and O–H groups in total. The van der Waals surface area contributed by atoms with Crippen molar-refractivity contribution in [3.8, 4) is 0 Å². The average Bonchev–Trinajstić information content (AvgIpc) is 2.37. The van der Waals surface area contributed by atoms with E-state index in [1.807, 2.05) is 13.8 Å². The maximum atomic E-state index is 12.5. The highest BCUT2D eigenvalue weighted by atomic mass is 35.5. The SMILES string of the molecule is COC[C@H]1CN(C(=O)c2ccc(Cl)cn2)CC(C)(C)O1. The van der Waals surface area contributed by atoms with Gasteiger partial charge in [0, 0.05) is 26.4 Å². The van der Waals surface area contributed by atoms with Crippen LogP contribution in [0, 0.1) is 0 Å². The minimum absolute atomic E-state index is 0.112. The Morgan fingerprint density at radius 1 is 1.60 bits per heavy atom. The van der Waals surface area contributed by atoms with Gasteiger partial charge >= 0.3 is 0 Å². The predicted octanol–water partition coefficient (Wildman–Crippen LogP) is 2.00. The highest BCUT2D eigenvalue weighted by molar-refractivity contribution is 6.30. The quantitative estimate of drug-likeness (QED) is 0.856. The summed E-state index contributed by atoms with van der Waals surface area (Å²) in [5.41, 5.74) is -0.00736. The summed E-state index contributed by atoms with van der Waals surface area (Å²) in [6.07, 6.45) is 1.35. The first-order chi connectivity index (χ1) is 9.41. The average molecular weight is 299 g/mol. The summed E-state index contributed by atoms with van der Waals surface area (Å²) in [6, 6.07) is 3.30. The molecule has 1 fully saturated rings. The van der Waals surface area contributed by atoms with Gasteiger partial charge in [-0.3, -0.25) is 4.79 Å². The second kappa shape index (κ2) is 6.08. The zero-order chi connectivity index (χ0) is 14.8. The fourth-order valence-corrected chi connectivity index (χ4v) is 2.50. The first-order valence-corrected chi connectivity index (χ1v) is 6.87. The van der Waals surface area contributed by atoms with Crippen LogP contribution in [0.4, 0.5) is 0 Å². The number of nitrogens with zero attached hydrogens (tertiary/aromatic N) is 2. The first kappa shape index (κ1) is 15.2. The summed E-state index contributed by atoms with van der Waals surface area (Å²) in [5, 5.41) is 0.515. The van der Waals surface area contributed by atoms with Crippen molar-refractivity contribution in [3.05, 3.63) is 29.0 Å². The number of morpholine rings is 1. The maximum Gasteiger partial charge on any atom is 0.272 e. The molecule has 0 bridgehead atoms. The molecule has 1 saturated heterocycles. The lowest BCUT2D eigenvalue weighted by atomic mass is 10.0. The fourth-order valence-electron chi connectivity index (χ4n) is 2.39. The molecule has 1 atom stereocenters. The van der Waals surface area contributed by atoms with Crippen LogP contribution in [0.1, 0.15) is 24.3 Å². The van der Waals surface area contributed by atoms with Gasteiger partial charge in [-0.05, 0) is 26.0 Å². The van der Waals surface area contributed by atoms with E-state index in [0.717, 1.165) is 0 Å². The Morgan fingerprint density at radius 3 is 2.95 bits per heavy atom. The molecule has 1 aliphatic heterocycles. The van der Waals surface area contributed by atoms with Gasteiger partial charge in [0.1, 0.15) is 5.69 Å². The second-order valence-corrected chi connectivity index (χ2v) is 5.94. The second-order valence-electron chi connectivity index (χ2n) is 5.50. The molecule has 2 heterocycles. The number of hydrogen-bond donors (Lipinski definition) is 0. The molecule has 1 aromatic rings. The molecule has 0 spiro atoms. The number of halogens is 1. The number of pyridine rings is 1. The molecule has 0 saturated carbocycles. The fraction of sp³-hybridized carbons (Fsp3) is 0.571. The summed E-state index contributed by atoms with van der Waals surface area (Å²) < 4.78 is 11.0. The molecule has 6 heteroatoms. The van der Waals surface area contributed by atoms with Crippen molar-refractivity contribution in [2.75, 3.05) is 26.8 Å². The van der Waals surface area contributed by atoms with Crippen molar-refractivity contribution in [2.45, 2.75) is 25.6 Å². The van der Waals surface area contributed by atoms with Gasteiger partial charge in [0.2, 0.25) is 0 Å². The standard InChI is InChI=1S/C14H19ClN2O3/c1-14(2)9-17(7-11(20-14)8-19-3)13(18)12-5-4-10(15)6-16-12/h4-6,11H,7-9H2,1-3H3/t11-/m1/s1. The van der Waals surface area contributed by atoms with Crippen molar-refractivity contribution < 1.29 is 14.3 Å². The molecule has 0 unspecified atom stereocenters. The third-order valence-corrected chi connectivity index (χ3v) is 3.29. The molecule has 1 amide bonds. The normalized spacial score (nSPS) is 21.8. The van der Waals surface area contributed by atoms with E-state index in [2.05, 4.69) is 4.98 Å². The molecular weight excluding hydrogens is 280 g/mol. The monoisotopic (exact) mass is 298 g/mol. The van der Waals surface area contributed by atoms with E-state index < -0.39 is 5.60 Å². The van der Waals surface area contributed by atoms with Crippen LogP contribution in [-0.2, 0) is 9.47 Å². The molecule has 20 heavy (non-hydrogen) atoms. The lowest BCUT2D eigenvalue weighted by Crippen LogP contribution is -2.55. The number of amides is 1. The van der Waals surface area contributed by atoms with Crippen LogP contribution in [-0.4, -0.2) is 54.3 Å². The smallest absolute Gasteiger partial charge is 0.272 e. The van der Waals surface area contributed by atoms with E-state index in [-0.39, 0.29) is 12.0 Å². The zero-order valence-electron chi connectivity index (χ0n) is 11.9. The van der Waals surface area contributed by atoms with Crippen molar-refractivity contribution >= 4 is 17.5 Å². The van der Waals surface area contributed by atoms with Crippen molar-refractivity contribution in [1.82, 2.24) is 9.88 Å². The van der Waals surface area contributed by atoms with Crippen LogP contribution < -0.4 is 0 Å². The summed E-state index contributed by atoms with van der Waals surface area (Å²) in [4.78, 5) is 18.3. The Bertz CT molecular complexity index is 476. The maximum absolute atomic E-state index is 12.5. The van der Waals surface area contributed by atoms with Gasteiger partial charge in [0.15, 0.2) is 0 Å². The minimum Gasteiger partial charge on any atom is -0.382 e. The van der Waals surface area contributed by atoms with Gasteiger partial charge in [0.25, 0.3) is 5.91 Å². The Hall–Kier alpha value is -1.17. The minimum atomic E-state index is -0.399. The van der Waals surface area contributed by atoms with Crippen LogP contribution in [0.25, 0.3) is 0 Å². The number of aromatic nitrogens is 1. The van der Waals surface area contributed by atoms with Crippen molar-refractivity contribution in [1.29, 1.82) is 0 Å². The summed E-state index contributed by atoms with van der Waals surface area (Å²) in [5.74, 6) is -0.112. The molecular formula is C14H19ClN2O3. The molecule has 1 aliphatic rings. The van der Waals surface area contributed by atoms with E-state index >= 15 is 0 Å². The lowest BCUT2D eigenvalue weighted by molar-refractivity contribution is -0.143. The molecule has 2 rings (SSSR count). The number of carbonyl (C=O) groups excluding carboxylic acids is 1. The van der Waals surface area contributed by atoms with Crippen molar-refractivity contribution in [3.63, 3.8) is 0 Å². The predicted molar refractivity (Wildman–Crippen MR) is 76.0 cm³/mol. The lowest BCUT2D eigenvalue weighted by Gasteiger charge is -2.42. The van der Waals surface area contributed by atoms with E-state index in [4.69, 9.17) is 21.1 Å². The van der Waals surface area contributed by atoms with E-state index in [0.29, 0.717) is 30.4 Å². The van der Waals surface area contributed by atoms with Gasteiger partial charge < -0.3 is 14.4 Å². The molecule has 110 valence electrons. The molecule has 0 radical (unpaired) electrons. The third-order valence-electron chi connectivity index (χ3n) is 3.07. The topological polar surface area (TPSA) is 51.7 Å².